The number of benzene rings is 1. The van der Waals surface area contributed by atoms with Gasteiger partial charge in [0.2, 0.25) is 16.8 Å². The second-order valence-electron chi connectivity index (χ2n) is 4.21. The van der Waals surface area contributed by atoms with E-state index in [2.05, 4.69) is 25.7 Å². The number of thioether (sulfide) groups is 1. The van der Waals surface area contributed by atoms with E-state index in [9.17, 15) is 4.39 Å². The maximum atomic E-state index is 12.9. The summed E-state index contributed by atoms with van der Waals surface area (Å²) in [5.41, 5.74) is 0.715. The lowest BCUT2D eigenvalue weighted by molar-refractivity contribution is 0.391. The molecule has 0 unspecified atom stereocenters. The summed E-state index contributed by atoms with van der Waals surface area (Å²) in [6, 6.07) is 5.96. The van der Waals surface area contributed by atoms with E-state index >= 15 is 0 Å². The van der Waals surface area contributed by atoms with E-state index in [-0.39, 0.29) is 5.82 Å². The van der Waals surface area contributed by atoms with Crippen LogP contribution in [0.2, 0.25) is 0 Å². The first-order chi connectivity index (χ1) is 10.7. The molecule has 1 aromatic carbocycles. The molecular weight excluding hydrogens is 325 g/mol. The topological polar surface area (TPSA) is 76.7 Å². The molecule has 0 radical (unpaired) electrons. The maximum Gasteiger partial charge on any atom is 0.237 e. The van der Waals surface area contributed by atoms with Crippen LogP contribution in [-0.4, -0.2) is 26.9 Å². The lowest BCUT2D eigenvalue weighted by Crippen LogP contribution is -1.94. The van der Waals surface area contributed by atoms with Gasteiger partial charge in [-0.25, -0.2) is 4.39 Å². The largest absolute Gasteiger partial charge is 0.360 e. The van der Waals surface area contributed by atoms with Gasteiger partial charge in [-0.3, -0.25) is 0 Å². The van der Waals surface area contributed by atoms with Crippen molar-refractivity contribution in [2.75, 3.05) is 11.9 Å². The molecular formula is C13H12FN5OS2. The van der Waals surface area contributed by atoms with E-state index in [1.807, 2.05) is 6.92 Å². The first-order valence-corrected chi connectivity index (χ1v) is 8.33. The van der Waals surface area contributed by atoms with Crippen molar-refractivity contribution in [2.45, 2.75) is 17.0 Å². The Balaban J connectivity index is 1.62. The molecule has 0 amide bonds. The third-order valence-corrected chi connectivity index (χ3v) is 4.62. The molecule has 0 aliphatic carbocycles. The van der Waals surface area contributed by atoms with Gasteiger partial charge in [-0.15, -0.1) is 10.2 Å². The number of halogens is 1. The van der Waals surface area contributed by atoms with Crippen LogP contribution in [0.1, 0.15) is 12.8 Å². The van der Waals surface area contributed by atoms with Crippen LogP contribution in [0.5, 0.6) is 0 Å². The Kier molecular flexibility index (Phi) is 4.64. The van der Waals surface area contributed by atoms with Crippen molar-refractivity contribution in [3.05, 3.63) is 36.0 Å². The van der Waals surface area contributed by atoms with Crippen LogP contribution in [0.3, 0.4) is 0 Å². The maximum absolute atomic E-state index is 12.9. The summed E-state index contributed by atoms with van der Waals surface area (Å²) in [4.78, 5) is 4.29. The minimum absolute atomic E-state index is 0.296. The van der Waals surface area contributed by atoms with Gasteiger partial charge in [0.15, 0.2) is 4.34 Å². The number of hydrogen-bond donors (Lipinski definition) is 1. The molecule has 1 N–H and O–H groups in total. The van der Waals surface area contributed by atoms with Gasteiger partial charge < -0.3 is 9.84 Å². The van der Waals surface area contributed by atoms with Crippen LogP contribution >= 0.6 is 23.1 Å². The second-order valence-corrected chi connectivity index (χ2v) is 6.41. The first-order valence-electron chi connectivity index (χ1n) is 6.53. The average Bonchev–Trinajstić information content (AvgIpc) is 3.16. The Morgan fingerprint density at radius 1 is 1.27 bits per heavy atom. The van der Waals surface area contributed by atoms with E-state index in [0.717, 1.165) is 16.0 Å². The van der Waals surface area contributed by atoms with Crippen molar-refractivity contribution >= 4 is 28.2 Å². The molecule has 0 atom stereocenters. The van der Waals surface area contributed by atoms with Gasteiger partial charge in [-0.1, -0.05) is 28.3 Å². The monoisotopic (exact) mass is 337 g/mol. The SMILES string of the molecule is CCNc1nnc(SCc2nc(-c3ccc(F)cc3)no2)s1. The van der Waals surface area contributed by atoms with Crippen LogP contribution in [0.25, 0.3) is 11.4 Å². The summed E-state index contributed by atoms with van der Waals surface area (Å²) in [6.45, 7) is 2.81. The third kappa shape index (κ3) is 3.60. The van der Waals surface area contributed by atoms with Crippen LogP contribution in [-0.2, 0) is 5.75 Å². The Morgan fingerprint density at radius 3 is 2.86 bits per heavy atom. The van der Waals surface area contributed by atoms with Gasteiger partial charge in [-0.05, 0) is 31.2 Å². The van der Waals surface area contributed by atoms with Crippen molar-refractivity contribution in [3.8, 4) is 11.4 Å². The molecule has 0 saturated carbocycles. The van der Waals surface area contributed by atoms with Crippen LogP contribution in [0.4, 0.5) is 9.52 Å². The summed E-state index contributed by atoms with van der Waals surface area (Å²) in [7, 11) is 0. The highest BCUT2D eigenvalue weighted by Gasteiger charge is 2.11. The summed E-state index contributed by atoms with van der Waals surface area (Å²) >= 11 is 2.96. The van der Waals surface area contributed by atoms with Crippen molar-refractivity contribution in [2.24, 2.45) is 0 Å². The lowest BCUT2D eigenvalue weighted by atomic mass is 10.2. The van der Waals surface area contributed by atoms with Crippen LogP contribution in [0.15, 0.2) is 33.1 Å². The van der Waals surface area contributed by atoms with Crippen molar-refractivity contribution in [3.63, 3.8) is 0 Å². The van der Waals surface area contributed by atoms with Gasteiger partial charge in [0.05, 0.1) is 5.75 Å². The Labute approximate surface area is 134 Å². The number of rotatable bonds is 6. The molecule has 0 saturated heterocycles. The molecule has 2 heterocycles. The highest BCUT2D eigenvalue weighted by Crippen LogP contribution is 2.28. The molecule has 22 heavy (non-hydrogen) atoms. The normalized spacial score (nSPS) is 10.8. The first kappa shape index (κ1) is 14.9. The fourth-order valence-electron chi connectivity index (χ4n) is 1.64. The summed E-state index contributed by atoms with van der Waals surface area (Å²) < 4.78 is 18.9. The van der Waals surface area contributed by atoms with Gasteiger partial charge in [0, 0.05) is 12.1 Å². The van der Waals surface area contributed by atoms with Crippen LogP contribution in [0, 0.1) is 5.82 Å². The zero-order valence-corrected chi connectivity index (χ0v) is 13.2. The standard InChI is InChI=1S/C13H12FN5OS2/c1-2-15-12-17-18-13(22-12)21-7-10-16-11(19-20-10)8-3-5-9(14)6-4-8/h3-6H,2,7H2,1H3,(H,15,17). The molecule has 3 rings (SSSR count). The summed E-state index contributed by atoms with van der Waals surface area (Å²) in [5.74, 6) is 1.15. The molecule has 9 heteroatoms. The van der Waals surface area contributed by atoms with Crippen molar-refractivity contribution < 1.29 is 8.91 Å². The molecule has 114 valence electrons. The van der Waals surface area contributed by atoms with Gasteiger partial charge in [0.25, 0.3) is 0 Å². The smallest absolute Gasteiger partial charge is 0.237 e. The lowest BCUT2D eigenvalue weighted by Gasteiger charge is -1.93. The van der Waals surface area contributed by atoms with E-state index in [0.29, 0.717) is 23.0 Å². The van der Waals surface area contributed by atoms with E-state index < -0.39 is 0 Å². The third-order valence-electron chi connectivity index (χ3n) is 2.62. The van der Waals surface area contributed by atoms with Crippen LogP contribution < -0.4 is 5.32 Å². The zero-order chi connectivity index (χ0) is 15.4. The van der Waals surface area contributed by atoms with Gasteiger partial charge in [0.1, 0.15) is 5.82 Å². The number of anilines is 1. The predicted octanol–water partition coefficient (Wildman–Crippen LogP) is 3.45. The molecule has 0 aliphatic rings. The molecule has 3 aromatic rings. The minimum atomic E-state index is -0.296. The van der Waals surface area contributed by atoms with Crippen molar-refractivity contribution in [1.29, 1.82) is 0 Å². The molecule has 2 aromatic heterocycles. The molecule has 0 spiro atoms. The number of aromatic nitrogens is 4. The van der Waals surface area contributed by atoms with Gasteiger partial charge >= 0.3 is 0 Å². The second kappa shape index (κ2) is 6.84. The number of nitrogens with one attached hydrogen (secondary N) is 1. The molecule has 0 bridgehead atoms. The zero-order valence-electron chi connectivity index (χ0n) is 11.6. The van der Waals surface area contributed by atoms with Gasteiger partial charge in [-0.2, -0.15) is 4.98 Å². The minimum Gasteiger partial charge on any atom is -0.360 e. The highest BCUT2D eigenvalue weighted by molar-refractivity contribution is 8.00. The van der Waals surface area contributed by atoms with E-state index in [1.54, 1.807) is 12.1 Å². The fraction of sp³-hybridized carbons (Fsp3) is 0.231. The number of hydrogen-bond acceptors (Lipinski definition) is 8. The molecule has 0 fully saturated rings. The quantitative estimate of drug-likeness (QED) is 0.690. The summed E-state index contributed by atoms with van der Waals surface area (Å²) in [5, 5.41) is 15.9. The predicted molar refractivity (Wildman–Crippen MR) is 83.3 cm³/mol. The Morgan fingerprint density at radius 2 is 2.09 bits per heavy atom. The Bertz CT molecular complexity index is 743. The van der Waals surface area contributed by atoms with Crippen molar-refractivity contribution in [1.82, 2.24) is 20.3 Å². The number of nitrogens with zero attached hydrogens (tertiary/aromatic N) is 4. The molecule has 0 aliphatic heterocycles. The highest BCUT2D eigenvalue weighted by atomic mass is 32.2. The van der Waals surface area contributed by atoms with E-state index in [1.165, 1.54) is 35.2 Å². The average molecular weight is 337 g/mol. The Hall–Kier alpha value is -2.00. The summed E-state index contributed by atoms with van der Waals surface area (Å²) in [6.07, 6.45) is 0. The molecule has 6 nitrogen and oxygen atoms in total. The van der Waals surface area contributed by atoms with E-state index in [4.69, 9.17) is 4.52 Å². The fourth-order valence-corrected chi connectivity index (χ4v) is 3.30.